The number of hydrogen-bond donors (Lipinski definition) is 1. The molecule has 1 aromatic carbocycles. The monoisotopic (exact) mass is 298 g/mol. The zero-order valence-electron chi connectivity index (χ0n) is 12.1. The number of rotatable bonds is 5. The Morgan fingerprint density at radius 1 is 1.40 bits per heavy atom. The Hall–Kier alpha value is -0.640. The highest BCUT2D eigenvalue weighted by Crippen LogP contribution is 2.31. The van der Waals surface area contributed by atoms with Crippen molar-refractivity contribution >= 4 is 11.6 Å². The second kappa shape index (κ2) is 7.39. The van der Waals surface area contributed by atoms with Crippen molar-refractivity contribution in [2.24, 2.45) is 11.7 Å². The van der Waals surface area contributed by atoms with E-state index in [-0.39, 0.29) is 11.9 Å². The number of nitrogens with zero attached hydrogens (tertiary/aromatic N) is 1. The van der Waals surface area contributed by atoms with Crippen molar-refractivity contribution < 1.29 is 4.39 Å². The quantitative estimate of drug-likeness (QED) is 0.890. The van der Waals surface area contributed by atoms with Crippen LogP contribution < -0.4 is 5.73 Å². The molecule has 1 saturated heterocycles. The number of benzene rings is 1. The van der Waals surface area contributed by atoms with E-state index in [1.165, 1.54) is 37.8 Å². The summed E-state index contributed by atoms with van der Waals surface area (Å²) in [5.74, 6) is 0.550. The fourth-order valence-electron chi connectivity index (χ4n) is 3.21. The third-order valence-electron chi connectivity index (χ3n) is 4.33. The summed E-state index contributed by atoms with van der Waals surface area (Å²) in [6, 6.07) is 4.72. The molecule has 0 aliphatic carbocycles. The second-order valence-corrected chi connectivity index (χ2v) is 6.09. The van der Waals surface area contributed by atoms with Crippen LogP contribution in [0.4, 0.5) is 4.39 Å². The standard InChI is InChI=1S/C16H24ClFN2/c1-2-3-12-6-8-20(9-7-12)16(11-19)14-5-4-13(18)10-15(14)17/h4-5,10,12,16H,2-3,6-9,11,19H2,1H3. The molecule has 2 rings (SSSR count). The van der Waals surface area contributed by atoms with Gasteiger partial charge in [-0.2, -0.15) is 0 Å². The van der Waals surface area contributed by atoms with Gasteiger partial charge in [-0.05, 0) is 49.5 Å². The molecule has 0 bridgehead atoms. The van der Waals surface area contributed by atoms with Crippen LogP contribution in [0.25, 0.3) is 0 Å². The maximum Gasteiger partial charge on any atom is 0.124 e. The number of piperidine rings is 1. The summed E-state index contributed by atoms with van der Waals surface area (Å²) in [5, 5.41) is 0.483. The predicted octanol–water partition coefficient (Wildman–Crippen LogP) is 3.99. The molecule has 4 heteroatoms. The summed E-state index contributed by atoms with van der Waals surface area (Å²) < 4.78 is 13.2. The molecule has 20 heavy (non-hydrogen) atoms. The Morgan fingerprint density at radius 3 is 2.65 bits per heavy atom. The normalized spacial score (nSPS) is 19.2. The molecular weight excluding hydrogens is 275 g/mol. The molecule has 0 amide bonds. The van der Waals surface area contributed by atoms with E-state index < -0.39 is 0 Å². The smallest absolute Gasteiger partial charge is 0.124 e. The number of nitrogens with two attached hydrogens (primary N) is 1. The molecule has 0 spiro atoms. The van der Waals surface area contributed by atoms with Crippen molar-refractivity contribution in [1.82, 2.24) is 4.90 Å². The largest absolute Gasteiger partial charge is 0.329 e. The van der Waals surface area contributed by atoms with Crippen LogP contribution in [0.5, 0.6) is 0 Å². The third kappa shape index (κ3) is 3.72. The minimum absolute atomic E-state index is 0.102. The van der Waals surface area contributed by atoms with Crippen molar-refractivity contribution in [3.63, 3.8) is 0 Å². The van der Waals surface area contributed by atoms with Crippen LogP contribution in [0.3, 0.4) is 0 Å². The Bertz CT molecular complexity index is 430. The minimum atomic E-state index is -0.295. The first-order valence-electron chi connectivity index (χ1n) is 7.54. The first-order valence-corrected chi connectivity index (χ1v) is 7.92. The Labute approximate surface area is 126 Å². The van der Waals surface area contributed by atoms with Gasteiger partial charge < -0.3 is 5.73 Å². The molecule has 2 N–H and O–H groups in total. The highest BCUT2D eigenvalue weighted by Gasteiger charge is 2.26. The predicted molar refractivity (Wildman–Crippen MR) is 82.4 cm³/mol. The highest BCUT2D eigenvalue weighted by atomic mass is 35.5. The van der Waals surface area contributed by atoms with E-state index in [1.807, 2.05) is 0 Å². The van der Waals surface area contributed by atoms with Crippen LogP contribution >= 0.6 is 11.6 Å². The van der Waals surface area contributed by atoms with Crippen molar-refractivity contribution in [2.45, 2.75) is 38.6 Å². The molecule has 1 heterocycles. The zero-order chi connectivity index (χ0) is 14.5. The summed E-state index contributed by atoms with van der Waals surface area (Å²) in [6.07, 6.45) is 5.03. The van der Waals surface area contributed by atoms with Gasteiger partial charge in [0.25, 0.3) is 0 Å². The summed E-state index contributed by atoms with van der Waals surface area (Å²) in [7, 11) is 0. The van der Waals surface area contributed by atoms with Gasteiger partial charge in [-0.25, -0.2) is 4.39 Å². The van der Waals surface area contributed by atoms with E-state index in [1.54, 1.807) is 6.07 Å². The molecule has 0 radical (unpaired) electrons. The fourth-order valence-corrected chi connectivity index (χ4v) is 3.50. The lowest BCUT2D eigenvalue weighted by molar-refractivity contribution is 0.132. The second-order valence-electron chi connectivity index (χ2n) is 5.69. The SMILES string of the molecule is CCCC1CCN(C(CN)c2ccc(F)cc2Cl)CC1. The summed E-state index contributed by atoms with van der Waals surface area (Å²) in [6.45, 7) is 4.87. The lowest BCUT2D eigenvalue weighted by Gasteiger charge is -2.37. The molecule has 112 valence electrons. The maximum absolute atomic E-state index is 13.2. The number of halogens is 2. The molecule has 1 aromatic rings. The van der Waals surface area contributed by atoms with Gasteiger partial charge in [0.1, 0.15) is 5.82 Å². The van der Waals surface area contributed by atoms with Crippen molar-refractivity contribution in [3.8, 4) is 0 Å². The molecule has 1 fully saturated rings. The number of likely N-dealkylation sites (tertiary alicyclic amines) is 1. The lowest BCUT2D eigenvalue weighted by Crippen LogP contribution is -2.40. The van der Waals surface area contributed by atoms with Crippen molar-refractivity contribution in [3.05, 3.63) is 34.6 Å². The average molecular weight is 299 g/mol. The van der Waals surface area contributed by atoms with E-state index in [0.717, 1.165) is 24.6 Å². The van der Waals surface area contributed by atoms with Crippen molar-refractivity contribution in [2.75, 3.05) is 19.6 Å². The van der Waals surface area contributed by atoms with E-state index in [0.29, 0.717) is 11.6 Å². The Morgan fingerprint density at radius 2 is 2.10 bits per heavy atom. The van der Waals surface area contributed by atoms with Gasteiger partial charge in [-0.3, -0.25) is 4.90 Å². The summed E-state index contributed by atoms with van der Waals surface area (Å²) in [5.41, 5.74) is 6.89. The van der Waals surface area contributed by atoms with Gasteiger partial charge in [-0.15, -0.1) is 0 Å². The van der Waals surface area contributed by atoms with Gasteiger partial charge >= 0.3 is 0 Å². The zero-order valence-corrected chi connectivity index (χ0v) is 12.9. The van der Waals surface area contributed by atoms with Gasteiger partial charge in [-0.1, -0.05) is 37.4 Å². The summed E-state index contributed by atoms with van der Waals surface area (Å²) in [4.78, 5) is 2.39. The van der Waals surface area contributed by atoms with Crippen LogP contribution in [0.15, 0.2) is 18.2 Å². The van der Waals surface area contributed by atoms with E-state index in [2.05, 4.69) is 11.8 Å². The van der Waals surface area contributed by atoms with E-state index in [9.17, 15) is 4.39 Å². The molecule has 1 atom stereocenters. The van der Waals surface area contributed by atoms with E-state index in [4.69, 9.17) is 17.3 Å². The summed E-state index contributed by atoms with van der Waals surface area (Å²) >= 11 is 6.18. The van der Waals surface area contributed by atoms with Crippen LogP contribution in [0, 0.1) is 11.7 Å². The minimum Gasteiger partial charge on any atom is -0.329 e. The topological polar surface area (TPSA) is 29.3 Å². The van der Waals surface area contributed by atoms with Gasteiger partial charge in [0, 0.05) is 17.6 Å². The van der Waals surface area contributed by atoms with Crippen LogP contribution in [-0.4, -0.2) is 24.5 Å². The molecule has 1 unspecified atom stereocenters. The maximum atomic E-state index is 13.2. The molecule has 0 saturated carbocycles. The van der Waals surface area contributed by atoms with Gasteiger partial charge in [0.05, 0.1) is 0 Å². The fraction of sp³-hybridized carbons (Fsp3) is 0.625. The van der Waals surface area contributed by atoms with E-state index >= 15 is 0 Å². The van der Waals surface area contributed by atoms with Crippen molar-refractivity contribution in [1.29, 1.82) is 0 Å². The molecular formula is C16H24ClFN2. The highest BCUT2D eigenvalue weighted by molar-refractivity contribution is 6.31. The Balaban J connectivity index is 2.05. The molecule has 0 aromatic heterocycles. The Kier molecular flexibility index (Phi) is 5.82. The van der Waals surface area contributed by atoms with Gasteiger partial charge in [0.2, 0.25) is 0 Å². The third-order valence-corrected chi connectivity index (χ3v) is 4.66. The molecule has 2 nitrogen and oxygen atoms in total. The van der Waals surface area contributed by atoms with Gasteiger partial charge in [0.15, 0.2) is 0 Å². The first kappa shape index (κ1) is 15.7. The first-order chi connectivity index (χ1) is 9.65. The molecule has 1 aliphatic rings. The van der Waals surface area contributed by atoms with Crippen LogP contribution in [-0.2, 0) is 0 Å². The molecule has 1 aliphatic heterocycles. The number of hydrogen-bond acceptors (Lipinski definition) is 2. The van der Waals surface area contributed by atoms with Crippen LogP contribution in [0.2, 0.25) is 5.02 Å². The average Bonchev–Trinajstić information content (AvgIpc) is 2.44. The lowest BCUT2D eigenvalue weighted by atomic mass is 9.91. The van der Waals surface area contributed by atoms with Crippen LogP contribution in [0.1, 0.15) is 44.2 Å².